The zero-order chi connectivity index (χ0) is 26.9. The third-order valence-corrected chi connectivity index (χ3v) is 10.3. The predicted octanol–water partition coefficient (Wildman–Crippen LogP) is 4.54. The Balaban J connectivity index is 1.13. The van der Waals surface area contributed by atoms with Crippen LogP contribution in [0.1, 0.15) is 82.4 Å². The van der Waals surface area contributed by atoms with Crippen molar-refractivity contribution in [3.8, 4) is 0 Å². The molecule has 0 aliphatic heterocycles. The van der Waals surface area contributed by atoms with Gasteiger partial charge in [0.05, 0.1) is 5.56 Å². The average molecular weight is 556 g/mol. The van der Waals surface area contributed by atoms with Crippen LogP contribution in [0.15, 0.2) is 12.4 Å². The number of Topliss-reactive ketones (excluding diaryl/α,β-unsaturated/α-hetero) is 1. The summed E-state index contributed by atoms with van der Waals surface area (Å²) in [6.45, 7) is 0.702. The van der Waals surface area contributed by atoms with Gasteiger partial charge in [-0.1, -0.05) is 0 Å². The number of nitrogens with zero attached hydrogens (tertiary/aromatic N) is 5. The number of aromatic nitrogens is 5. The summed E-state index contributed by atoms with van der Waals surface area (Å²) in [6.07, 6.45) is 7.19. The molecule has 0 bridgehead atoms. The molecule has 2 atom stereocenters. The van der Waals surface area contributed by atoms with E-state index in [0.29, 0.717) is 48.0 Å². The summed E-state index contributed by atoms with van der Waals surface area (Å²) < 4.78 is 29.5. The Hall–Kier alpha value is -3.15. The van der Waals surface area contributed by atoms with Gasteiger partial charge in [-0.05, 0) is 68.3 Å². The molecular weight excluding hydrogens is 524 g/mol. The van der Waals surface area contributed by atoms with Gasteiger partial charge in [-0.25, -0.2) is 8.78 Å². The van der Waals surface area contributed by atoms with Crippen LogP contribution < -0.4 is 10.6 Å². The number of amides is 1. The van der Waals surface area contributed by atoms with Crippen LogP contribution in [-0.2, 0) is 31.1 Å². The van der Waals surface area contributed by atoms with E-state index in [1.807, 2.05) is 4.57 Å². The highest BCUT2D eigenvalue weighted by atomic mass is 32.1. The van der Waals surface area contributed by atoms with Gasteiger partial charge in [0.1, 0.15) is 23.6 Å². The number of fused-ring (bicyclic) bond motifs is 1. The predicted molar refractivity (Wildman–Crippen MR) is 140 cm³/mol. The van der Waals surface area contributed by atoms with E-state index in [0.717, 1.165) is 36.1 Å². The monoisotopic (exact) mass is 555 g/mol. The van der Waals surface area contributed by atoms with E-state index in [9.17, 15) is 18.4 Å². The Kier molecular flexibility index (Phi) is 5.87. The molecule has 1 spiro atoms. The van der Waals surface area contributed by atoms with Gasteiger partial charge >= 0.3 is 0 Å². The van der Waals surface area contributed by atoms with E-state index in [1.54, 1.807) is 24.7 Å². The van der Waals surface area contributed by atoms with Crippen LogP contribution in [0.2, 0.25) is 0 Å². The minimum Gasteiger partial charge on any atom is -0.352 e. The van der Waals surface area contributed by atoms with E-state index in [1.165, 1.54) is 34.9 Å². The van der Waals surface area contributed by atoms with Crippen LogP contribution in [0, 0.1) is 17.3 Å². The number of hydrogen-bond acceptors (Lipinski definition) is 7. The molecular formula is C27H31F2N7O2S. The maximum atomic E-state index is 13.6. The van der Waals surface area contributed by atoms with Crippen LogP contribution in [0.3, 0.4) is 0 Å². The van der Waals surface area contributed by atoms with Crippen molar-refractivity contribution < 1.29 is 18.4 Å². The number of carbonyl (C=O) groups is 2. The highest BCUT2D eigenvalue weighted by Crippen LogP contribution is 2.70. The molecule has 9 nitrogen and oxygen atoms in total. The fraction of sp³-hybridized carbons (Fsp3) is 0.593. The lowest BCUT2D eigenvalue weighted by Gasteiger charge is -2.25. The number of ketones is 1. The quantitative estimate of drug-likeness (QED) is 0.381. The van der Waals surface area contributed by atoms with Crippen LogP contribution in [0.5, 0.6) is 0 Å². The number of carbonyl (C=O) groups excluding carboxylic acids is 2. The fourth-order valence-electron chi connectivity index (χ4n) is 6.18. The number of alkyl halides is 2. The zero-order valence-electron chi connectivity index (χ0n) is 21.8. The molecule has 4 aliphatic carbocycles. The standard InChI is InChI=1S/C27H31F2N7O2S/c1-35-22(9-18(34-35)24(28)29)32-26-33-31-13-36(26)16-4-5-20-17(8-16)23(21(39-20)10-19(37)14-2-3-14)25(38)30-12-15-11-27(15)6-7-27/h9,13-16,24H,2-8,10-12H2,1H3,(H,30,38)(H,32,33)/t15-,16+/m1/s1. The van der Waals surface area contributed by atoms with E-state index < -0.39 is 6.43 Å². The molecule has 4 aliphatic rings. The van der Waals surface area contributed by atoms with Gasteiger partial charge in [0, 0.05) is 47.8 Å². The lowest BCUT2D eigenvalue weighted by molar-refractivity contribution is -0.119. The van der Waals surface area contributed by atoms with E-state index in [4.69, 9.17) is 0 Å². The lowest BCUT2D eigenvalue weighted by Crippen LogP contribution is -2.29. The largest absolute Gasteiger partial charge is 0.352 e. The van der Waals surface area contributed by atoms with Crippen molar-refractivity contribution in [1.29, 1.82) is 0 Å². The van der Waals surface area contributed by atoms with Gasteiger partial charge in [0.25, 0.3) is 12.3 Å². The maximum Gasteiger partial charge on any atom is 0.282 e. The lowest BCUT2D eigenvalue weighted by atomic mass is 9.90. The summed E-state index contributed by atoms with van der Waals surface area (Å²) in [4.78, 5) is 28.4. The normalized spacial score (nSPS) is 22.7. The average Bonchev–Trinajstić information content (AvgIpc) is 3.87. The Morgan fingerprint density at radius 1 is 1.26 bits per heavy atom. The summed E-state index contributed by atoms with van der Waals surface area (Å²) in [7, 11) is 1.59. The third-order valence-electron chi connectivity index (χ3n) is 8.99. The molecule has 12 heteroatoms. The molecule has 0 aromatic carbocycles. The van der Waals surface area contributed by atoms with Crippen LogP contribution in [0.25, 0.3) is 0 Å². The Labute approximate surface area is 228 Å². The maximum absolute atomic E-state index is 13.6. The number of aryl methyl sites for hydroxylation is 2. The Morgan fingerprint density at radius 2 is 2.08 bits per heavy atom. The number of halogens is 2. The number of anilines is 2. The van der Waals surface area contributed by atoms with Gasteiger partial charge in [0.2, 0.25) is 5.95 Å². The molecule has 0 unspecified atom stereocenters. The van der Waals surface area contributed by atoms with Crippen LogP contribution in [0.4, 0.5) is 20.5 Å². The highest BCUT2D eigenvalue weighted by Gasteiger charge is 2.62. The molecule has 39 heavy (non-hydrogen) atoms. The molecule has 0 radical (unpaired) electrons. The van der Waals surface area contributed by atoms with Gasteiger partial charge in [-0.3, -0.25) is 18.8 Å². The fourth-order valence-corrected chi connectivity index (χ4v) is 7.54. The van der Waals surface area contributed by atoms with Crippen molar-refractivity contribution in [2.24, 2.45) is 24.3 Å². The molecule has 1 amide bonds. The van der Waals surface area contributed by atoms with Crippen LogP contribution >= 0.6 is 11.3 Å². The molecule has 3 fully saturated rings. The summed E-state index contributed by atoms with van der Waals surface area (Å²) in [5, 5.41) is 18.4. The molecule has 206 valence electrons. The second kappa shape index (κ2) is 9.21. The molecule has 3 aromatic rings. The minimum absolute atomic E-state index is 0.0240. The second-order valence-electron chi connectivity index (χ2n) is 11.7. The van der Waals surface area contributed by atoms with Crippen molar-refractivity contribution in [3.63, 3.8) is 0 Å². The summed E-state index contributed by atoms with van der Waals surface area (Å²) in [5.74, 6) is 1.73. The Bertz CT molecular complexity index is 1450. The zero-order valence-corrected chi connectivity index (χ0v) is 22.6. The van der Waals surface area contributed by atoms with Gasteiger partial charge in [-0.2, -0.15) is 5.10 Å². The van der Waals surface area contributed by atoms with Crippen molar-refractivity contribution in [2.45, 2.75) is 70.3 Å². The minimum atomic E-state index is -2.67. The first-order chi connectivity index (χ1) is 18.8. The van der Waals surface area contributed by atoms with Crippen molar-refractivity contribution in [1.82, 2.24) is 29.9 Å². The molecule has 0 saturated heterocycles. The molecule has 3 aromatic heterocycles. The summed E-state index contributed by atoms with van der Waals surface area (Å²) in [6, 6.07) is 1.28. The summed E-state index contributed by atoms with van der Waals surface area (Å²) >= 11 is 1.62. The highest BCUT2D eigenvalue weighted by molar-refractivity contribution is 7.12. The first-order valence-corrected chi connectivity index (χ1v) is 14.6. The third kappa shape index (κ3) is 4.66. The number of hydrogen-bond donors (Lipinski definition) is 2. The SMILES string of the molecule is Cn1nc(C(F)F)cc1Nc1nncn1[C@H]1CCc2sc(CC(=O)C3CC3)c(C(=O)NC[C@H]3CC34CC4)c2C1. The van der Waals surface area contributed by atoms with E-state index >= 15 is 0 Å². The smallest absolute Gasteiger partial charge is 0.282 e. The number of thiophene rings is 1. The number of rotatable bonds is 10. The molecule has 2 N–H and O–H groups in total. The van der Waals surface area contributed by atoms with E-state index in [2.05, 4.69) is 25.9 Å². The first-order valence-electron chi connectivity index (χ1n) is 13.7. The number of nitrogens with one attached hydrogen (secondary N) is 2. The second-order valence-corrected chi connectivity index (χ2v) is 12.8. The van der Waals surface area contributed by atoms with Crippen molar-refractivity contribution in [3.05, 3.63) is 39.0 Å². The van der Waals surface area contributed by atoms with Crippen LogP contribution in [-0.4, -0.2) is 42.8 Å². The topological polar surface area (TPSA) is 107 Å². The van der Waals surface area contributed by atoms with E-state index in [-0.39, 0.29) is 29.3 Å². The van der Waals surface area contributed by atoms with Gasteiger partial charge in [0.15, 0.2) is 0 Å². The molecule has 3 saturated carbocycles. The molecule has 7 rings (SSSR count). The first kappa shape index (κ1) is 24.9. The van der Waals surface area contributed by atoms with Crippen molar-refractivity contribution >= 4 is 34.8 Å². The summed E-state index contributed by atoms with van der Waals surface area (Å²) in [5.41, 5.74) is 1.91. The molecule has 3 heterocycles. The van der Waals surface area contributed by atoms with Crippen molar-refractivity contribution in [2.75, 3.05) is 11.9 Å². The van der Waals surface area contributed by atoms with Gasteiger partial charge < -0.3 is 10.6 Å². The van der Waals surface area contributed by atoms with Gasteiger partial charge in [-0.15, -0.1) is 21.5 Å². The Morgan fingerprint density at radius 3 is 2.77 bits per heavy atom.